The van der Waals surface area contributed by atoms with Gasteiger partial charge in [0.1, 0.15) is 0 Å². The summed E-state index contributed by atoms with van der Waals surface area (Å²) in [6.45, 7) is 7.83. The Labute approximate surface area is 180 Å². The number of rotatable bonds is 1. The molecule has 0 heterocycles. The minimum Gasteiger partial charge on any atom is -0.393 e. The smallest absolute Gasteiger partial charge is 0.0543 e. The molecule has 5 aliphatic carbocycles. The van der Waals surface area contributed by atoms with Gasteiger partial charge in [-0.2, -0.15) is 0 Å². The lowest BCUT2D eigenvalue weighted by molar-refractivity contribution is -0.141. The van der Waals surface area contributed by atoms with Crippen LogP contribution in [0.15, 0.2) is 11.6 Å². The molecule has 4 fully saturated rings. The fourth-order valence-corrected chi connectivity index (χ4v) is 9.83. The van der Waals surface area contributed by atoms with Gasteiger partial charge in [-0.05, 0) is 110 Å². The Morgan fingerprint density at radius 2 is 1.93 bits per heavy atom. The van der Waals surface area contributed by atoms with Gasteiger partial charge in [0.15, 0.2) is 0 Å². The molecule has 1 spiro atoms. The van der Waals surface area contributed by atoms with E-state index in [1.807, 2.05) is 5.57 Å². The van der Waals surface area contributed by atoms with E-state index >= 15 is 0 Å². The summed E-state index contributed by atoms with van der Waals surface area (Å²) < 4.78 is 1.35. The van der Waals surface area contributed by atoms with Crippen molar-refractivity contribution in [3.8, 4) is 0 Å². The Kier molecular flexibility index (Phi) is 4.64. The van der Waals surface area contributed by atoms with Gasteiger partial charge in [0.25, 0.3) is 0 Å². The summed E-state index contributed by atoms with van der Waals surface area (Å²) in [7, 11) is 0. The molecule has 0 aromatic heterocycles. The number of aliphatic hydroxyl groups excluding tert-OH is 1. The summed E-state index contributed by atoms with van der Waals surface area (Å²) in [6, 6.07) is 0. The number of aliphatic hydroxyl groups is 1. The van der Waals surface area contributed by atoms with Gasteiger partial charge in [0.2, 0.25) is 0 Å². The Hall–Kier alpha value is 0.430. The van der Waals surface area contributed by atoms with Gasteiger partial charge >= 0.3 is 0 Å². The van der Waals surface area contributed by atoms with E-state index in [-0.39, 0.29) is 6.10 Å². The van der Waals surface area contributed by atoms with E-state index in [4.69, 9.17) is 0 Å². The zero-order chi connectivity index (χ0) is 19.0. The first-order valence-corrected chi connectivity index (χ1v) is 13.3. The highest BCUT2D eigenvalue weighted by Gasteiger charge is 2.64. The van der Waals surface area contributed by atoms with Crippen LogP contribution in [-0.4, -0.2) is 15.6 Å². The fourth-order valence-electron chi connectivity index (χ4n) is 9.08. The second-order valence-corrected chi connectivity index (χ2v) is 12.7. The number of allylic oxidation sites excluding steroid dienone is 2. The molecule has 4 saturated carbocycles. The van der Waals surface area contributed by atoms with Crippen LogP contribution in [0.4, 0.5) is 0 Å². The summed E-state index contributed by atoms with van der Waals surface area (Å²) in [5, 5.41) is 10.4. The molecule has 0 aromatic rings. The van der Waals surface area contributed by atoms with Crippen LogP contribution < -0.4 is 0 Å². The van der Waals surface area contributed by atoms with Gasteiger partial charge < -0.3 is 5.11 Å². The number of hydrogen-bond donors (Lipinski definition) is 1. The monoisotopic (exact) mass is 482 g/mol. The maximum atomic E-state index is 10.4. The molecule has 27 heavy (non-hydrogen) atoms. The van der Waals surface area contributed by atoms with Crippen LogP contribution >= 0.6 is 22.6 Å². The average Bonchev–Trinajstić information content (AvgIpc) is 2.91. The third-order valence-electron chi connectivity index (χ3n) is 10.9. The third-order valence-corrected chi connectivity index (χ3v) is 12.1. The van der Waals surface area contributed by atoms with Crippen LogP contribution in [0, 0.1) is 45.8 Å². The molecule has 5 aliphatic rings. The van der Waals surface area contributed by atoms with Crippen molar-refractivity contribution in [1.82, 2.24) is 0 Å². The molecule has 1 nitrogen and oxygen atoms in total. The number of alkyl halides is 1. The van der Waals surface area contributed by atoms with Crippen molar-refractivity contribution < 1.29 is 5.11 Å². The first-order valence-electron chi connectivity index (χ1n) is 11.8. The normalized spacial score (nSPS) is 57.1. The van der Waals surface area contributed by atoms with Gasteiger partial charge in [0.05, 0.1) is 6.10 Å². The molecule has 0 amide bonds. The van der Waals surface area contributed by atoms with Crippen LogP contribution in [-0.2, 0) is 0 Å². The SMILES string of the molecule is CC1C2=CCC3C4(C)CCC(O)CC4CCC34CC(CI)CCC1(C)CC24. The maximum Gasteiger partial charge on any atom is 0.0543 e. The van der Waals surface area contributed by atoms with Crippen LogP contribution in [0.2, 0.25) is 0 Å². The van der Waals surface area contributed by atoms with Crippen molar-refractivity contribution in [2.45, 2.75) is 91.1 Å². The van der Waals surface area contributed by atoms with E-state index in [0.29, 0.717) is 16.2 Å². The van der Waals surface area contributed by atoms with Crippen LogP contribution in [0.25, 0.3) is 0 Å². The lowest BCUT2D eigenvalue weighted by Gasteiger charge is -2.64. The van der Waals surface area contributed by atoms with Crippen molar-refractivity contribution in [2.24, 2.45) is 45.8 Å². The van der Waals surface area contributed by atoms with Gasteiger partial charge in [-0.15, -0.1) is 0 Å². The van der Waals surface area contributed by atoms with E-state index in [1.165, 1.54) is 55.8 Å². The Bertz CT molecular complexity index is 642. The topological polar surface area (TPSA) is 20.2 Å². The minimum atomic E-state index is -0.0268. The summed E-state index contributed by atoms with van der Waals surface area (Å²) in [6.07, 6.45) is 16.1. The lowest BCUT2D eigenvalue weighted by Crippen LogP contribution is -2.57. The molecule has 9 atom stereocenters. The first-order chi connectivity index (χ1) is 12.8. The Balaban J connectivity index is 1.61. The fraction of sp³-hybridized carbons (Fsp3) is 0.920. The highest BCUT2D eigenvalue weighted by molar-refractivity contribution is 14.1. The Morgan fingerprint density at radius 3 is 2.70 bits per heavy atom. The maximum absolute atomic E-state index is 10.4. The molecule has 2 heteroatoms. The quantitative estimate of drug-likeness (QED) is 0.248. The second-order valence-electron chi connectivity index (χ2n) is 11.8. The average molecular weight is 482 g/mol. The molecule has 0 aliphatic heterocycles. The molecule has 5 rings (SSSR count). The minimum absolute atomic E-state index is 0.0268. The van der Waals surface area contributed by atoms with Crippen LogP contribution in [0.1, 0.15) is 85.0 Å². The van der Waals surface area contributed by atoms with E-state index in [0.717, 1.165) is 42.4 Å². The molecular formula is C25H39IO. The van der Waals surface area contributed by atoms with Crippen molar-refractivity contribution in [2.75, 3.05) is 4.43 Å². The number of hydrogen-bond acceptors (Lipinski definition) is 1. The first kappa shape index (κ1) is 19.4. The van der Waals surface area contributed by atoms with Crippen molar-refractivity contribution in [3.63, 3.8) is 0 Å². The van der Waals surface area contributed by atoms with E-state index in [1.54, 1.807) is 0 Å². The van der Waals surface area contributed by atoms with Gasteiger partial charge in [-0.3, -0.25) is 0 Å². The molecule has 0 aromatic carbocycles. The van der Waals surface area contributed by atoms with Gasteiger partial charge in [-0.25, -0.2) is 0 Å². The highest BCUT2D eigenvalue weighted by Crippen LogP contribution is 2.72. The molecule has 152 valence electrons. The predicted molar refractivity (Wildman–Crippen MR) is 121 cm³/mol. The third kappa shape index (κ3) is 2.63. The van der Waals surface area contributed by atoms with Gasteiger partial charge in [0, 0.05) is 4.43 Å². The number of halogens is 1. The second kappa shape index (κ2) is 6.46. The number of fused-ring (bicyclic) bond motifs is 3. The standard InChI is InChI=1S/C25H39IO/c1-16-20-4-5-22-24(3)10-8-19(27)12-18(24)7-11-25(22)13-17(15-26)6-9-23(16,2)14-21(20)25/h4,16-19,21-22,27H,5-15H2,1-3H3. The van der Waals surface area contributed by atoms with Crippen molar-refractivity contribution in [3.05, 3.63) is 11.6 Å². The van der Waals surface area contributed by atoms with E-state index in [9.17, 15) is 5.11 Å². The molecule has 0 radical (unpaired) electrons. The predicted octanol–water partition coefficient (Wildman–Crippen LogP) is 6.78. The van der Waals surface area contributed by atoms with Crippen LogP contribution in [0.5, 0.6) is 0 Å². The summed E-state index contributed by atoms with van der Waals surface area (Å²) in [5.41, 5.74) is 3.46. The summed E-state index contributed by atoms with van der Waals surface area (Å²) >= 11 is 2.69. The molecule has 9 unspecified atom stereocenters. The lowest BCUT2D eigenvalue weighted by atomic mass is 9.41. The molecular weight excluding hydrogens is 443 g/mol. The zero-order valence-corrected chi connectivity index (χ0v) is 19.8. The molecule has 0 saturated heterocycles. The zero-order valence-electron chi connectivity index (χ0n) is 17.6. The Morgan fingerprint density at radius 1 is 1.11 bits per heavy atom. The van der Waals surface area contributed by atoms with Gasteiger partial charge in [-0.1, -0.05) is 55.0 Å². The van der Waals surface area contributed by atoms with Crippen molar-refractivity contribution in [1.29, 1.82) is 0 Å². The van der Waals surface area contributed by atoms with E-state index in [2.05, 4.69) is 49.4 Å². The molecule has 1 N–H and O–H groups in total. The highest BCUT2D eigenvalue weighted by atomic mass is 127. The largest absolute Gasteiger partial charge is 0.393 e. The van der Waals surface area contributed by atoms with E-state index < -0.39 is 0 Å². The van der Waals surface area contributed by atoms with Crippen LogP contribution in [0.3, 0.4) is 0 Å². The van der Waals surface area contributed by atoms with Crippen molar-refractivity contribution >= 4 is 22.6 Å². The summed E-state index contributed by atoms with van der Waals surface area (Å²) in [5.74, 6) is 4.22. The molecule has 2 bridgehead atoms. The summed E-state index contributed by atoms with van der Waals surface area (Å²) in [4.78, 5) is 0.